The smallest absolute Gasteiger partial charge is 0.291 e. The summed E-state index contributed by atoms with van der Waals surface area (Å²) in [6, 6.07) is 13.6. The molecule has 2 aromatic heterocycles. The SMILES string of the molecule is O=C(Nc1ccc(CNC(=O)[C@H]2CCCN2C(=O)c2cccs2)cc1)c1ccco1. The van der Waals surface area contributed by atoms with Crippen LogP contribution < -0.4 is 10.6 Å². The van der Waals surface area contributed by atoms with Gasteiger partial charge in [0, 0.05) is 18.8 Å². The lowest BCUT2D eigenvalue weighted by Crippen LogP contribution is -2.45. The molecule has 1 saturated heterocycles. The highest BCUT2D eigenvalue weighted by atomic mass is 32.1. The zero-order valence-electron chi connectivity index (χ0n) is 16.2. The number of anilines is 1. The highest BCUT2D eigenvalue weighted by Gasteiger charge is 2.34. The van der Waals surface area contributed by atoms with Crippen LogP contribution in [0, 0.1) is 0 Å². The van der Waals surface area contributed by atoms with Crippen molar-refractivity contribution >= 4 is 34.7 Å². The standard InChI is InChI=1S/C22H21N3O4S/c26-20(17-4-1-11-25(17)22(28)19-6-3-13-30-19)23-14-15-7-9-16(10-8-15)24-21(27)18-5-2-12-29-18/h2-3,5-10,12-13,17H,1,4,11,14H2,(H,23,26)(H,24,27)/t17-/m1/s1. The van der Waals surface area contributed by atoms with Crippen molar-refractivity contribution in [3.8, 4) is 0 Å². The molecule has 0 radical (unpaired) electrons. The van der Waals surface area contributed by atoms with E-state index in [1.54, 1.807) is 35.2 Å². The highest BCUT2D eigenvalue weighted by molar-refractivity contribution is 7.12. The number of carbonyl (C=O) groups excluding carboxylic acids is 3. The number of amides is 3. The lowest BCUT2D eigenvalue weighted by molar-refractivity contribution is -0.125. The van der Waals surface area contributed by atoms with Crippen LogP contribution in [-0.2, 0) is 11.3 Å². The van der Waals surface area contributed by atoms with Crippen LogP contribution in [0.1, 0.15) is 38.6 Å². The highest BCUT2D eigenvalue weighted by Crippen LogP contribution is 2.22. The third kappa shape index (κ3) is 4.44. The molecule has 0 unspecified atom stereocenters. The summed E-state index contributed by atoms with van der Waals surface area (Å²) in [4.78, 5) is 39.6. The second-order valence-corrected chi connectivity index (χ2v) is 7.93. The largest absolute Gasteiger partial charge is 0.459 e. The second kappa shape index (κ2) is 8.96. The van der Waals surface area contributed by atoms with E-state index in [-0.39, 0.29) is 23.5 Å². The lowest BCUT2D eigenvalue weighted by atomic mass is 10.1. The summed E-state index contributed by atoms with van der Waals surface area (Å²) in [6.07, 6.45) is 2.93. The fraction of sp³-hybridized carbons (Fsp3) is 0.227. The van der Waals surface area contributed by atoms with Gasteiger partial charge in [-0.2, -0.15) is 0 Å². The van der Waals surface area contributed by atoms with E-state index in [1.165, 1.54) is 17.6 Å². The Bertz CT molecular complexity index is 1010. The summed E-state index contributed by atoms with van der Waals surface area (Å²) < 4.78 is 5.07. The molecule has 0 saturated carbocycles. The van der Waals surface area contributed by atoms with E-state index in [2.05, 4.69) is 10.6 Å². The molecule has 8 heteroatoms. The average molecular weight is 423 g/mol. The molecule has 7 nitrogen and oxygen atoms in total. The van der Waals surface area contributed by atoms with Crippen molar-refractivity contribution in [2.75, 3.05) is 11.9 Å². The molecular formula is C22H21N3O4S. The molecular weight excluding hydrogens is 402 g/mol. The van der Waals surface area contributed by atoms with Crippen molar-refractivity contribution in [2.45, 2.75) is 25.4 Å². The number of nitrogens with one attached hydrogen (secondary N) is 2. The molecule has 3 amide bonds. The van der Waals surface area contributed by atoms with Gasteiger partial charge in [0.2, 0.25) is 5.91 Å². The number of hydrogen-bond donors (Lipinski definition) is 2. The third-order valence-electron chi connectivity index (χ3n) is 4.97. The molecule has 1 aromatic carbocycles. The van der Waals surface area contributed by atoms with E-state index < -0.39 is 6.04 Å². The third-order valence-corrected chi connectivity index (χ3v) is 5.83. The molecule has 0 aliphatic carbocycles. The van der Waals surface area contributed by atoms with Gasteiger partial charge in [-0.15, -0.1) is 11.3 Å². The molecule has 30 heavy (non-hydrogen) atoms. The maximum atomic E-state index is 12.7. The molecule has 2 N–H and O–H groups in total. The number of carbonyl (C=O) groups is 3. The average Bonchev–Trinajstić information content (AvgIpc) is 3.54. The topological polar surface area (TPSA) is 91.7 Å². The Morgan fingerprint density at radius 1 is 1.10 bits per heavy atom. The monoisotopic (exact) mass is 423 g/mol. The van der Waals surface area contributed by atoms with Gasteiger partial charge in [-0.05, 0) is 54.1 Å². The predicted octanol–water partition coefficient (Wildman–Crippen LogP) is 3.51. The quantitative estimate of drug-likeness (QED) is 0.635. The molecule has 0 spiro atoms. The number of thiophene rings is 1. The van der Waals surface area contributed by atoms with Gasteiger partial charge in [0.05, 0.1) is 11.1 Å². The molecule has 4 rings (SSSR count). The zero-order chi connectivity index (χ0) is 20.9. The van der Waals surface area contributed by atoms with Gasteiger partial charge in [0.1, 0.15) is 6.04 Å². The van der Waals surface area contributed by atoms with Gasteiger partial charge in [0.15, 0.2) is 5.76 Å². The minimum Gasteiger partial charge on any atom is -0.459 e. The second-order valence-electron chi connectivity index (χ2n) is 6.98. The van der Waals surface area contributed by atoms with Crippen LogP contribution in [0.15, 0.2) is 64.6 Å². The van der Waals surface area contributed by atoms with Gasteiger partial charge < -0.3 is 20.0 Å². The zero-order valence-corrected chi connectivity index (χ0v) is 17.0. The summed E-state index contributed by atoms with van der Waals surface area (Å²) in [5, 5.41) is 7.53. The van der Waals surface area contributed by atoms with Crippen molar-refractivity contribution in [2.24, 2.45) is 0 Å². The number of likely N-dealkylation sites (tertiary alicyclic amines) is 1. The van der Waals surface area contributed by atoms with Crippen LogP contribution in [0.25, 0.3) is 0 Å². The summed E-state index contributed by atoms with van der Waals surface area (Å²) in [5.74, 6) is -0.311. The summed E-state index contributed by atoms with van der Waals surface area (Å²) in [5.41, 5.74) is 1.53. The molecule has 0 bridgehead atoms. The minimum atomic E-state index is -0.438. The minimum absolute atomic E-state index is 0.0840. The Morgan fingerprint density at radius 3 is 2.63 bits per heavy atom. The predicted molar refractivity (Wildman–Crippen MR) is 113 cm³/mol. The summed E-state index contributed by atoms with van der Waals surface area (Å²) in [7, 11) is 0. The molecule has 1 fully saturated rings. The van der Waals surface area contributed by atoms with Crippen LogP contribution in [-0.4, -0.2) is 35.2 Å². The number of hydrogen-bond acceptors (Lipinski definition) is 5. The first-order valence-electron chi connectivity index (χ1n) is 9.68. The van der Waals surface area contributed by atoms with Crippen molar-refractivity contribution in [3.05, 3.63) is 76.4 Å². The fourth-order valence-corrected chi connectivity index (χ4v) is 4.12. The Kier molecular flexibility index (Phi) is 5.94. The van der Waals surface area contributed by atoms with E-state index in [0.29, 0.717) is 30.1 Å². The molecule has 1 aliphatic rings. The first-order chi connectivity index (χ1) is 14.6. The summed E-state index contributed by atoms with van der Waals surface area (Å²) in [6.45, 7) is 0.946. The normalized spacial score (nSPS) is 15.7. The Morgan fingerprint density at radius 2 is 1.93 bits per heavy atom. The van der Waals surface area contributed by atoms with Crippen LogP contribution >= 0.6 is 11.3 Å². The van der Waals surface area contributed by atoms with E-state index in [9.17, 15) is 14.4 Å². The van der Waals surface area contributed by atoms with Gasteiger partial charge in [-0.3, -0.25) is 14.4 Å². The lowest BCUT2D eigenvalue weighted by Gasteiger charge is -2.23. The first-order valence-corrected chi connectivity index (χ1v) is 10.6. The van der Waals surface area contributed by atoms with E-state index in [0.717, 1.165) is 12.0 Å². The van der Waals surface area contributed by atoms with Crippen molar-refractivity contribution in [1.82, 2.24) is 10.2 Å². The van der Waals surface area contributed by atoms with Crippen molar-refractivity contribution in [1.29, 1.82) is 0 Å². The molecule has 154 valence electrons. The molecule has 3 heterocycles. The fourth-order valence-electron chi connectivity index (χ4n) is 3.44. The maximum absolute atomic E-state index is 12.7. The Labute approximate surface area is 177 Å². The van der Waals surface area contributed by atoms with Gasteiger partial charge in [-0.1, -0.05) is 18.2 Å². The maximum Gasteiger partial charge on any atom is 0.291 e. The van der Waals surface area contributed by atoms with Crippen LogP contribution in [0.5, 0.6) is 0 Å². The van der Waals surface area contributed by atoms with E-state index in [4.69, 9.17) is 4.42 Å². The Hall–Kier alpha value is -3.39. The molecule has 1 atom stereocenters. The van der Waals surface area contributed by atoms with Gasteiger partial charge in [-0.25, -0.2) is 0 Å². The Balaban J connectivity index is 1.31. The van der Waals surface area contributed by atoms with Gasteiger partial charge in [0.25, 0.3) is 11.8 Å². The molecule has 1 aliphatic heterocycles. The van der Waals surface area contributed by atoms with Gasteiger partial charge >= 0.3 is 0 Å². The first kappa shape index (κ1) is 19.9. The van der Waals surface area contributed by atoms with Crippen LogP contribution in [0.4, 0.5) is 5.69 Å². The van der Waals surface area contributed by atoms with Crippen molar-refractivity contribution in [3.63, 3.8) is 0 Å². The van der Waals surface area contributed by atoms with E-state index in [1.807, 2.05) is 23.6 Å². The number of benzene rings is 1. The molecule has 3 aromatic rings. The summed E-state index contributed by atoms with van der Waals surface area (Å²) >= 11 is 1.39. The van der Waals surface area contributed by atoms with Crippen LogP contribution in [0.3, 0.4) is 0 Å². The van der Waals surface area contributed by atoms with Crippen LogP contribution in [0.2, 0.25) is 0 Å². The van der Waals surface area contributed by atoms with E-state index >= 15 is 0 Å². The van der Waals surface area contributed by atoms with Crippen molar-refractivity contribution < 1.29 is 18.8 Å². The number of nitrogens with zero attached hydrogens (tertiary/aromatic N) is 1. The number of furan rings is 1. The number of rotatable bonds is 6.